The number of benzene rings is 1. The smallest absolute Gasteiger partial charge is 0.341 e. The van der Waals surface area contributed by atoms with Crippen LogP contribution in [-0.4, -0.2) is 45.3 Å². The van der Waals surface area contributed by atoms with E-state index in [1.807, 2.05) is 18.2 Å². The zero-order chi connectivity index (χ0) is 14.0. The lowest BCUT2D eigenvalue weighted by Crippen LogP contribution is -2.53. The van der Waals surface area contributed by atoms with Gasteiger partial charge in [-0.1, -0.05) is 12.1 Å². The van der Waals surface area contributed by atoms with Gasteiger partial charge in [-0.15, -0.1) is 11.3 Å². The van der Waals surface area contributed by atoms with Crippen LogP contribution in [0.15, 0.2) is 24.3 Å². The number of aliphatic hydroxyl groups excluding tert-OH is 1. The van der Waals surface area contributed by atoms with E-state index >= 15 is 0 Å². The second-order valence-electron chi connectivity index (χ2n) is 4.02. The van der Waals surface area contributed by atoms with Gasteiger partial charge in [0.05, 0.1) is 15.2 Å². The third kappa shape index (κ3) is 2.45. The lowest BCUT2D eigenvalue weighted by Gasteiger charge is -2.28. The van der Waals surface area contributed by atoms with Gasteiger partial charge in [-0.05, 0) is 12.1 Å². The number of ether oxygens (including phenoxy) is 1. The zero-order valence-electron chi connectivity index (χ0n) is 10.1. The predicted molar refractivity (Wildman–Crippen MR) is 68.9 cm³/mol. The van der Waals surface area contributed by atoms with Crippen LogP contribution in [0.1, 0.15) is 5.01 Å². The van der Waals surface area contributed by atoms with Crippen LogP contribution < -0.4 is 0 Å². The van der Waals surface area contributed by atoms with E-state index < -0.39 is 17.9 Å². The van der Waals surface area contributed by atoms with E-state index in [0.717, 1.165) is 17.3 Å². The molecule has 1 aromatic heterocycles. The maximum atomic E-state index is 11.2. The Morgan fingerprint density at radius 2 is 2.16 bits per heavy atom. The molecule has 0 aliphatic carbocycles. The molecule has 0 saturated heterocycles. The number of hydrogen-bond acceptors (Lipinski definition) is 6. The fourth-order valence-electron chi connectivity index (χ4n) is 1.76. The molecule has 102 valence electrons. The highest BCUT2D eigenvalue weighted by molar-refractivity contribution is 7.18. The van der Waals surface area contributed by atoms with Crippen LogP contribution in [0.3, 0.4) is 0 Å². The number of fused-ring (bicyclic) bond motifs is 1. The second kappa shape index (κ2) is 5.22. The number of aliphatic carboxylic acids is 1. The third-order valence-corrected chi connectivity index (χ3v) is 3.93. The first-order valence-electron chi connectivity index (χ1n) is 5.49. The van der Waals surface area contributed by atoms with E-state index in [9.17, 15) is 15.0 Å². The predicted octanol–water partition coefficient (Wildman–Crippen LogP) is 0.619. The van der Waals surface area contributed by atoms with Crippen LogP contribution in [0.2, 0.25) is 0 Å². The molecule has 0 fully saturated rings. The average molecular weight is 283 g/mol. The molecular weight excluding hydrogens is 270 g/mol. The monoisotopic (exact) mass is 283 g/mol. The number of thiazole rings is 1. The highest BCUT2D eigenvalue weighted by atomic mass is 32.1. The molecule has 0 saturated carbocycles. The van der Waals surface area contributed by atoms with Crippen LogP contribution in [0.25, 0.3) is 10.2 Å². The molecule has 0 aliphatic heterocycles. The molecule has 0 amide bonds. The van der Waals surface area contributed by atoms with E-state index in [4.69, 9.17) is 9.84 Å². The summed E-state index contributed by atoms with van der Waals surface area (Å²) >= 11 is 1.30. The summed E-state index contributed by atoms with van der Waals surface area (Å²) in [6, 6.07) is 7.35. The molecule has 1 aromatic carbocycles. The highest BCUT2D eigenvalue weighted by Gasteiger charge is 2.46. The summed E-state index contributed by atoms with van der Waals surface area (Å²) in [5.74, 6) is -1.44. The Labute approximate surface area is 112 Å². The van der Waals surface area contributed by atoms with Gasteiger partial charge >= 0.3 is 5.97 Å². The summed E-state index contributed by atoms with van der Waals surface area (Å²) in [5, 5.41) is 28.2. The van der Waals surface area contributed by atoms with E-state index in [-0.39, 0.29) is 6.42 Å². The van der Waals surface area contributed by atoms with Crippen molar-refractivity contribution < 1.29 is 24.9 Å². The van der Waals surface area contributed by atoms with Crippen molar-refractivity contribution in [2.45, 2.75) is 18.3 Å². The highest BCUT2D eigenvalue weighted by Crippen LogP contribution is 2.27. The summed E-state index contributed by atoms with van der Waals surface area (Å²) < 4.78 is 5.73. The lowest BCUT2D eigenvalue weighted by molar-refractivity contribution is -0.214. The van der Waals surface area contributed by atoms with Crippen LogP contribution in [0.5, 0.6) is 0 Å². The molecule has 2 rings (SSSR count). The molecule has 1 heterocycles. The lowest BCUT2D eigenvalue weighted by atomic mass is 9.99. The maximum absolute atomic E-state index is 11.2. The Balaban J connectivity index is 2.38. The van der Waals surface area contributed by atoms with Crippen LogP contribution in [0.4, 0.5) is 0 Å². The summed E-state index contributed by atoms with van der Waals surface area (Å²) in [7, 11) is 1.13. The van der Waals surface area contributed by atoms with E-state index in [1.54, 1.807) is 6.07 Å². The largest absolute Gasteiger partial charge is 0.479 e. The molecular formula is C12H13NO5S. The molecule has 1 atom stereocenters. The fraction of sp³-hybridized carbons (Fsp3) is 0.333. The summed E-state index contributed by atoms with van der Waals surface area (Å²) in [4.78, 5) is 15.5. The van der Waals surface area contributed by atoms with Crippen molar-refractivity contribution in [1.82, 2.24) is 4.98 Å². The number of methoxy groups -OCH3 is 1. The summed E-state index contributed by atoms with van der Waals surface area (Å²) in [5.41, 5.74) is -1.36. The normalized spacial score (nSPS) is 14.7. The minimum absolute atomic E-state index is 0.212. The van der Waals surface area contributed by atoms with Crippen molar-refractivity contribution in [3.8, 4) is 0 Å². The van der Waals surface area contributed by atoms with Crippen molar-refractivity contribution in [2.24, 2.45) is 0 Å². The number of aromatic nitrogens is 1. The topological polar surface area (TPSA) is 99.9 Å². The first-order valence-corrected chi connectivity index (χ1v) is 6.30. The molecule has 0 aliphatic rings. The second-order valence-corrected chi connectivity index (χ2v) is 5.14. The first-order chi connectivity index (χ1) is 8.99. The van der Waals surface area contributed by atoms with Gasteiger partial charge in [0.1, 0.15) is 0 Å². The van der Waals surface area contributed by atoms with Crippen LogP contribution in [0, 0.1) is 0 Å². The van der Waals surface area contributed by atoms with Crippen LogP contribution >= 0.6 is 11.3 Å². The number of hydrogen-bond donors (Lipinski definition) is 3. The van der Waals surface area contributed by atoms with Crippen molar-refractivity contribution in [3.05, 3.63) is 29.3 Å². The Bertz CT molecular complexity index is 564. The maximum Gasteiger partial charge on any atom is 0.341 e. The van der Waals surface area contributed by atoms with Gasteiger partial charge in [-0.2, -0.15) is 0 Å². The molecule has 1 unspecified atom stereocenters. The SMILES string of the molecule is COC(Cc1nc2ccccc2s1)(C(=O)O)C(O)O. The molecule has 3 N–H and O–H groups in total. The quantitative estimate of drug-likeness (QED) is 0.696. The number of carbonyl (C=O) groups is 1. The molecule has 6 nitrogen and oxygen atoms in total. The number of para-hydroxylation sites is 1. The Kier molecular flexibility index (Phi) is 3.81. The van der Waals surface area contributed by atoms with E-state index in [1.165, 1.54) is 11.3 Å². The Morgan fingerprint density at radius 3 is 2.68 bits per heavy atom. The molecule has 2 aromatic rings. The summed E-state index contributed by atoms with van der Waals surface area (Å²) in [6.07, 6.45) is -2.35. The van der Waals surface area contributed by atoms with Crippen molar-refractivity contribution in [1.29, 1.82) is 0 Å². The number of carboxylic acids is 1. The van der Waals surface area contributed by atoms with Gasteiger partial charge in [0.15, 0.2) is 6.29 Å². The summed E-state index contributed by atoms with van der Waals surface area (Å²) in [6.45, 7) is 0. The van der Waals surface area contributed by atoms with Gasteiger partial charge in [-0.3, -0.25) is 0 Å². The standard InChI is InChI=1S/C12H13NO5S/c1-18-12(10(14)15,11(16)17)6-9-13-7-4-2-3-5-8(7)19-9/h2-5,10,14-15H,6H2,1H3,(H,16,17). The van der Waals surface area contributed by atoms with Crippen molar-refractivity contribution >= 4 is 27.5 Å². The van der Waals surface area contributed by atoms with E-state index in [0.29, 0.717) is 5.01 Å². The first kappa shape index (κ1) is 13.9. The van der Waals surface area contributed by atoms with Gasteiger partial charge in [0, 0.05) is 13.5 Å². The van der Waals surface area contributed by atoms with E-state index in [2.05, 4.69) is 4.98 Å². The number of nitrogens with zero attached hydrogens (tertiary/aromatic N) is 1. The Hall–Kier alpha value is -1.54. The number of aliphatic hydroxyl groups is 2. The number of carboxylic acid groups (broad SMARTS) is 1. The molecule has 0 bridgehead atoms. The molecule has 19 heavy (non-hydrogen) atoms. The fourth-order valence-corrected chi connectivity index (χ4v) is 2.81. The molecule has 7 heteroatoms. The van der Waals surface area contributed by atoms with Gasteiger partial charge in [0.2, 0.25) is 5.60 Å². The number of rotatable bonds is 5. The minimum atomic E-state index is -2.14. The third-order valence-electron chi connectivity index (χ3n) is 2.90. The van der Waals surface area contributed by atoms with Crippen molar-refractivity contribution in [3.63, 3.8) is 0 Å². The van der Waals surface area contributed by atoms with Gasteiger partial charge in [-0.25, -0.2) is 9.78 Å². The average Bonchev–Trinajstić information content (AvgIpc) is 2.77. The molecule has 0 radical (unpaired) electrons. The van der Waals surface area contributed by atoms with Crippen molar-refractivity contribution in [2.75, 3.05) is 7.11 Å². The van der Waals surface area contributed by atoms with Crippen LogP contribution in [-0.2, 0) is 16.0 Å². The van der Waals surface area contributed by atoms with Gasteiger partial charge in [0.25, 0.3) is 0 Å². The minimum Gasteiger partial charge on any atom is -0.479 e. The van der Waals surface area contributed by atoms with Gasteiger partial charge < -0.3 is 20.1 Å². The molecule has 0 spiro atoms. The Morgan fingerprint density at radius 1 is 1.47 bits per heavy atom. The zero-order valence-corrected chi connectivity index (χ0v) is 10.9.